The molecule has 252 valence electrons. The number of anilines is 1. The van der Waals surface area contributed by atoms with Gasteiger partial charge in [0.25, 0.3) is 0 Å². The first-order valence-corrected chi connectivity index (χ1v) is 13.8. The van der Waals surface area contributed by atoms with Crippen molar-refractivity contribution >= 4 is 23.4 Å². The van der Waals surface area contributed by atoms with Gasteiger partial charge in [-0.25, -0.2) is 19.0 Å². The molecule has 0 saturated carbocycles. The highest BCUT2D eigenvalue weighted by Gasteiger charge is 2.34. The molecule has 0 spiro atoms. The number of ether oxygens (including phenoxy) is 4. The molecule has 0 bridgehead atoms. The molecule has 0 fully saturated rings. The summed E-state index contributed by atoms with van der Waals surface area (Å²) in [4.78, 5) is 30.5. The normalized spacial score (nSPS) is 12.2. The number of esters is 1. The molecule has 0 radical (unpaired) electrons. The van der Waals surface area contributed by atoms with Crippen LogP contribution in [0.5, 0.6) is 17.2 Å². The van der Waals surface area contributed by atoms with Gasteiger partial charge < -0.3 is 18.9 Å². The lowest BCUT2D eigenvalue weighted by Gasteiger charge is -2.28. The van der Waals surface area contributed by atoms with E-state index in [0.29, 0.717) is 29.0 Å². The van der Waals surface area contributed by atoms with E-state index in [1.54, 1.807) is 19.1 Å². The number of halogens is 7. The molecule has 2 heterocycles. The second-order valence-electron chi connectivity index (χ2n) is 11.2. The van der Waals surface area contributed by atoms with Crippen LogP contribution in [0, 0.1) is 12.7 Å². The fraction of sp³-hybridized carbons (Fsp3) is 0.323. The summed E-state index contributed by atoms with van der Waals surface area (Å²) in [5.74, 6) is -3.58. The topological polar surface area (TPSA) is 91.6 Å². The number of carbonyl (C=O) groups excluding carboxylic acids is 2. The number of benzene rings is 2. The predicted octanol–water partition coefficient (Wildman–Crippen LogP) is 8.62. The fourth-order valence-corrected chi connectivity index (χ4v) is 4.43. The zero-order valence-corrected chi connectivity index (χ0v) is 25.5. The van der Waals surface area contributed by atoms with Crippen LogP contribution in [0.3, 0.4) is 0 Å². The standard InChI is InChI=1S/C31H28F7N3O6/c1-17-12-18(6-8-21(17)27(42)44-5)24-15-39-26-23(40(11-10-30(33,34)35)28(43)47-29(2,3)4)14-20(16-41(24)26)45-19-7-9-25(22(32)13-19)46-31(36,37)38/h6-9,12-16H,10-11H2,1-5H3. The fourth-order valence-electron chi connectivity index (χ4n) is 4.43. The van der Waals surface area contributed by atoms with Gasteiger partial charge in [0, 0.05) is 24.2 Å². The van der Waals surface area contributed by atoms with Gasteiger partial charge in [-0.15, -0.1) is 13.2 Å². The summed E-state index contributed by atoms with van der Waals surface area (Å²) in [5.41, 5.74) is 0.334. The van der Waals surface area contributed by atoms with E-state index in [9.17, 15) is 40.3 Å². The lowest BCUT2D eigenvalue weighted by Crippen LogP contribution is -2.39. The van der Waals surface area contributed by atoms with Crippen LogP contribution < -0.4 is 14.4 Å². The second kappa shape index (κ2) is 13.0. The minimum Gasteiger partial charge on any atom is -0.465 e. The number of nitrogens with zero attached hydrogens (tertiary/aromatic N) is 3. The summed E-state index contributed by atoms with van der Waals surface area (Å²) in [5, 5.41) is 0. The van der Waals surface area contributed by atoms with Crippen LogP contribution in [0.15, 0.2) is 54.9 Å². The van der Waals surface area contributed by atoms with E-state index >= 15 is 0 Å². The molecule has 0 saturated heterocycles. The van der Waals surface area contributed by atoms with E-state index in [0.717, 1.165) is 17.0 Å². The highest BCUT2D eigenvalue weighted by atomic mass is 19.4. The molecule has 0 unspecified atom stereocenters. The largest absolute Gasteiger partial charge is 0.573 e. The molecule has 0 aliphatic carbocycles. The number of pyridine rings is 1. The predicted molar refractivity (Wildman–Crippen MR) is 154 cm³/mol. The average Bonchev–Trinajstić information content (AvgIpc) is 3.36. The third-order valence-electron chi connectivity index (χ3n) is 6.38. The lowest BCUT2D eigenvalue weighted by molar-refractivity contribution is -0.275. The maximum absolute atomic E-state index is 14.5. The highest BCUT2D eigenvalue weighted by Crippen LogP contribution is 2.36. The zero-order valence-electron chi connectivity index (χ0n) is 25.5. The number of imidazole rings is 1. The number of rotatable bonds is 8. The van der Waals surface area contributed by atoms with E-state index in [-0.39, 0.29) is 28.4 Å². The van der Waals surface area contributed by atoms with Gasteiger partial charge in [-0.2, -0.15) is 13.2 Å². The van der Waals surface area contributed by atoms with Crippen LogP contribution in [-0.2, 0) is 9.47 Å². The summed E-state index contributed by atoms with van der Waals surface area (Å²) < 4.78 is 113. The SMILES string of the molecule is COC(=O)c1ccc(-c2cnc3c(N(CCC(F)(F)F)C(=O)OC(C)(C)C)cc(Oc4ccc(OC(F)(F)F)c(F)c4)cn23)cc1C. The first-order valence-electron chi connectivity index (χ1n) is 13.8. The van der Waals surface area contributed by atoms with Crippen molar-refractivity contribution in [3.63, 3.8) is 0 Å². The average molecular weight is 672 g/mol. The van der Waals surface area contributed by atoms with Crippen LogP contribution in [0.25, 0.3) is 16.9 Å². The Bertz CT molecular complexity index is 1800. The summed E-state index contributed by atoms with van der Waals surface area (Å²) >= 11 is 0. The number of hydrogen-bond donors (Lipinski definition) is 0. The molecule has 2 aromatic heterocycles. The molecular formula is C31H28F7N3O6. The molecule has 0 N–H and O–H groups in total. The summed E-state index contributed by atoms with van der Waals surface area (Å²) in [6.45, 7) is 5.34. The number of amides is 1. The quantitative estimate of drug-likeness (QED) is 0.137. The summed E-state index contributed by atoms with van der Waals surface area (Å²) in [7, 11) is 1.22. The first kappa shape index (κ1) is 34.8. The van der Waals surface area contributed by atoms with Crippen molar-refractivity contribution < 1.29 is 59.3 Å². The second-order valence-corrected chi connectivity index (χ2v) is 11.2. The zero-order chi connectivity index (χ0) is 34.9. The van der Waals surface area contributed by atoms with Crippen molar-refractivity contribution in [3.05, 3.63) is 71.8 Å². The molecule has 1 amide bonds. The molecule has 0 aliphatic rings. The number of alkyl halides is 6. The highest BCUT2D eigenvalue weighted by molar-refractivity contribution is 5.94. The number of carbonyl (C=O) groups is 2. The molecule has 0 aliphatic heterocycles. The third kappa shape index (κ3) is 8.83. The van der Waals surface area contributed by atoms with Gasteiger partial charge in [-0.05, 0) is 57.5 Å². The molecule has 4 aromatic rings. The van der Waals surface area contributed by atoms with E-state index in [4.69, 9.17) is 14.2 Å². The van der Waals surface area contributed by atoms with E-state index in [1.165, 1.54) is 50.7 Å². The lowest BCUT2D eigenvalue weighted by atomic mass is 10.0. The van der Waals surface area contributed by atoms with Gasteiger partial charge in [0.2, 0.25) is 0 Å². The number of fused-ring (bicyclic) bond motifs is 1. The Morgan fingerprint density at radius 2 is 1.66 bits per heavy atom. The monoisotopic (exact) mass is 671 g/mol. The van der Waals surface area contributed by atoms with Gasteiger partial charge in [-0.3, -0.25) is 9.30 Å². The van der Waals surface area contributed by atoms with Crippen molar-refractivity contribution in [3.8, 4) is 28.5 Å². The maximum atomic E-state index is 14.5. The Morgan fingerprint density at radius 3 is 2.23 bits per heavy atom. The molecule has 0 atom stereocenters. The molecule has 47 heavy (non-hydrogen) atoms. The van der Waals surface area contributed by atoms with Gasteiger partial charge in [-0.1, -0.05) is 6.07 Å². The van der Waals surface area contributed by atoms with Gasteiger partial charge in [0.05, 0.1) is 42.9 Å². The minimum atomic E-state index is -5.16. The molecule has 4 rings (SSSR count). The Labute approximate surface area is 263 Å². The van der Waals surface area contributed by atoms with Crippen molar-refractivity contribution in [1.29, 1.82) is 0 Å². The molecule has 9 nitrogen and oxygen atoms in total. The minimum absolute atomic E-state index is 0.00446. The van der Waals surface area contributed by atoms with Crippen molar-refractivity contribution in [2.45, 2.75) is 52.3 Å². The Morgan fingerprint density at radius 1 is 0.957 bits per heavy atom. The van der Waals surface area contributed by atoms with E-state index in [2.05, 4.69) is 9.72 Å². The van der Waals surface area contributed by atoms with Crippen LogP contribution >= 0.6 is 0 Å². The number of aryl methyl sites for hydroxylation is 1. The third-order valence-corrected chi connectivity index (χ3v) is 6.38. The van der Waals surface area contributed by atoms with Crippen LogP contribution in [0.4, 0.5) is 41.2 Å². The van der Waals surface area contributed by atoms with Crippen molar-refractivity contribution in [2.75, 3.05) is 18.6 Å². The first-order chi connectivity index (χ1) is 21.7. The smallest absolute Gasteiger partial charge is 0.465 e. The molecule has 16 heteroatoms. The Hall–Kier alpha value is -5.02. The molecular weight excluding hydrogens is 643 g/mol. The van der Waals surface area contributed by atoms with Crippen LogP contribution in [0.2, 0.25) is 0 Å². The van der Waals surface area contributed by atoms with Gasteiger partial charge in [0.15, 0.2) is 17.2 Å². The van der Waals surface area contributed by atoms with Crippen LogP contribution in [-0.4, -0.2) is 53.2 Å². The van der Waals surface area contributed by atoms with Crippen LogP contribution in [0.1, 0.15) is 43.1 Å². The summed E-state index contributed by atoms with van der Waals surface area (Å²) in [6.07, 6.45) is -9.67. The van der Waals surface area contributed by atoms with E-state index < -0.39 is 54.7 Å². The maximum Gasteiger partial charge on any atom is 0.573 e. The number of aromatic nitrogens is 2. The molecule has 2 aromatic carbocycles. The Balaban J connectivity index is 1.89. The number of methoxy groups -OCH3 is 1. The van der Waals surface area contributed by atoms with Crippen molar-refractivity contribution in [1.82, 2.24) is 9.38 Å². The Kier molecular flexibility index (Phi) is 9.64. The summed E-state index contributed by atoms with van der Waals surface area (Å²) in [6, 6.07) is 8.14. The van der Waals surface area contributed by atoms with Crippen molar-refractivity contribution in [2.24, 2.45) is 0 Å². The number of hydrogen-bond acceptors (Lipinski definition) is 7. The van der Waals surface area contributed by atoms with Gasteiger partial charge >= 0.3 is 24.6 Å². The van der Waals surface area contributed by atoms with E-state index in [1.807, 2.05) is 0 Å². The van der Waals surface area contributed by atoms with Gasteiger partial charge in [0.1, 0.15) is 17.1 Å².